The zero-order valence-corrected chi connectivity index (χ0v) is 11.6. The molecule has 100 valence electrons. The van der Waals surface area contributed by atoms with Gasteiger partial charge in [0.25, 0.3) is 0 Å². The standard InChI is InChI=1S/C13H8ClN3O2S/c14-8-4-1-2-5-9(8)17-12(10-6-3-7-20-10)11(13(18)19)15-16-17/h1-7H,(H,18,19). The molecule has 0 spiro atoms. The Morgan fingerprint density at radius 2 is 2.05 bits per heavy atom. The maximum atomic E-state index is 11.3. The lowest BCUT2D eigenvalue weighted by atomic mass is 10.2. The second kappa shape index (κ2) is 5.07. The highest BCUT2D eigenvalue weighted by molar-refractivity contribution is 7.13. The van der Waals surface area contributed by atoms with Crippen LogP contribution in [0.4, 0.5) is 0 Å². The van der Waals surface area contributed by atoms with Crippen molar-refractivity contribution in [1.29, 1.82) is 0 Å². The van der Waals surface area contributed by atoms with Crippen LogP contribution >= 0.6 is 22.9 Å². The van der Waals surface area contributed by atoms with Crippen molar-refractivity contribution >= 4 is 28.9 Å². The van der Waals surface area contributed by atoms with Crippen LogP contribution in [0, 0.1) is 0 Å². The smallest absolute Gasteiger partial charge is 0.358 e. The first kappa shape index (κ1) is 12.8. The number of benzene rings is 1. The summed E-state index contributed by atoms with van der Waals surface area (Å²) < 4.78 is 1.46. The Labute approximate surface area is 123 Å². The first-order valence-electron chi connectivity index (χ1n) is 5.66. The number of para-hydroxylation sites is 1. The molecular weight excluding hydrogens is 298 g/mol. The van der Waals surface area contributed by atoms with Crippen LogP contribution in [-0.4, -0.2) is 26.1 Å². The number of nitrogens with zero attached hydrogens (tertiary/aromatic N) is 3. The van der Waals surface area contributed by atoms with Crippen molar-refractivity contribution in [3.05, 3.63) is 52.5 Å². The number of carboxylic acid groups (broad SMARTS) is 1. The molecule has 2 heterocycles. The summed E-state index contributed by atoms with van der Waals surface area (Å²) >= 11 is 7.57. The minimum Gasteiger partial charge on any atom is -0.476 e. The Kier molecular flexibility index (Phi) is 3.25. The Hall–Kier alpha value is -2.18. The molecule has 20 heavy (non-hydrogen) atoms. The minimum atomic E-state index is -1.12. The van der Waals surface area contributed by atoms with Crippen LogP contribution in [0.3, 0.4) is 0 Å². The largest absolute Gasteiger partial charge is 0.476 e. The maximum absolute atomic E-state index is 11.3. The lowest BCUT2D eigenvalue weighted by Gasteiger charge is -2.07. The van der Waals surface area contributed by atoms with Gasteiger partial charge in [-0.25, -0.2) is 9.48 Å². The molecule has 5 nitrogen and oxygen atoms in total. The normalized spacial score (nSPS) is 10.7. The van der Waals surface area contributed by atoms with Crippen molar-refractivity contribution in [2.45, 2.75) is 0 Å². The van der Waals surface area contributed by atoms with Crippen molar-refractivity contribution in [3.63, 3.8) is 0 Å². The SMILES string of the molecule is O=C(O)c1nnn(-c2ccccc2Cl)c1-c1cccs1. The number of hydrogen-bond donors (Lipinski definition) is 1. The number of carbonyl (C=O) groups is 1. The Balaban J connectivity index is 2.28. The van der Waals surface area contributed by atoms with Gasteiger partial charge in [0.1, 0.15) is 5.69 Å². The van der Waals surface area contributed by atoms with Crippen LogP contribution in [0.5, 0.6) is 0 Å². The minimum absolute atomic E-state index is 0.0904. The summed E-state index contributed by atoms with van der Waals surface area (Å²) in [7, 11) is 0. The van der Waals surface area contributed by atoms with Crippen LogP contribution < -0.4 is 0 Å². The van der Waals surface area contributed by atoms with Crippen LogP contribution in [-0.2, 0) is 0 Å². The van der Waals surface area contributed by atoms with Crippen LogP contribution in [0.2, 0.25) is 5.02 Å². The van der Waals surface area contributed by atoms with Crippen LogP contribution in [0.1, 0.15) is 10.5 Å². The predicted octanol–water partition coefficient (Wildman–Crippen LogP) is 3.35. The number of thiophene rings is 1. The summed E-state index contributed by atoms with van der Waals surface area (Å²) in [6, 6.07) is 10.8. The van der Waals surface area contributed by atoms with E-state index in [1.807, 2.05) is 23.6 Å². The van der Waals surface area contributed by atoms with E-state index in [1.54, 1.807) is 18.2 Å². The summed E-state index contributed by atoms with van der Waals surface area (Å²) in [5, 5.41) is 19.3. The fraction of sp³-hybridized carbons (Fsp3) is 0. The highest BCUT2D eigenvalue weighted by atomic mass is 35.5. The molecule has 2 aromatic heterocycles. The molecule has 3 aromatic rings. The molecule has 0 saturated carbocycles. The van der Waals surface area contributed by atoms with Crippen molar-refractivity contribution in [2.24, 2.45) is 0 Å². The molecule has 0 saturated heterocycles. The number of aromatic carboxylic acids is 1. The molecule has 0 aliphatic heterocycles. The van der Waals surface area contributed by atoms with Gasteiger partial charge in [0.2, 0.25) is 0 Å². The number of carboxylic acids is 1. The molecule has 1 N–H and O–H groups in total. The second-order valence-corrected chi connectivity index (χ2v) is 5.29. The van der Waals surface area contributed by atoms with E-state index in [0.29, 0.717) is 16.4 Å². The van der Waals surface area contributed by atoms with E-state index in [2.05, 4.69) is 10.3 Å². The van der Waals surface area contributed by atoms with Crippen molar-refractivity contribution in [3.8, 4) is 16.3 Å². The maximum Gasteiger partial charge on any atom is 0.358 e. The Bertz CT molecular complexity index is 768. The van der Waals surface area contributed by atoms with Crippen LogP contribution in [0.25, 0.3) is 16.3 Å². The Morgan fingerprint density at radius 1 is 1.25 bits per heavy atom. The van der Waals surface area contributed by atoms with Gasteiger partial charge in [0.05, 0.1) is 15.6 Å². The summed E-state index contributed by atoms with van der Waals surface area (Å²) in [6.07, 6.45) is 0. The fourth-order valence-electron chi connectivity index (χ4n) is 1.85. The number of hydrogen-bond acceptors (Lipinski definition) is 4. The van der Waals surface area contributed by atoms with E-state index in [1.165, 1.54) is 16.0 Å². The molecule has 0 radical (unpaired) electrons. The van der Waals surface area contributed by atoms with E-state index in [0.717, 1.165) is 4.88 Å². The summed E-state index contributed by atoms with van der Waals surface area (Å²) in [5.74, 6) is -1.12. The third kappa shape index (κ3) is 2.09. The average Bonchev–Trinajstić information content (AvgIpc) is 3.07. The lowest BCUT2D eigenvalue weighted by Crippen LogP contribution is -2.02. The molecule has 3 rings (SSSR count). The fourth-order valence-corrected chi connectivity index (χ4v) is 2.82. The van der Waals surface area contributed by atoms with Gasteiger partial charge in [-0.3, -0.25) is 0 Å². The number of halogens is 1. The van der Waals surface area contributed by atoms with Crippen molar-refractivity contribution in [2.75, 3.05) is 0 Å². The monoisotopic (exact) mass is 305 g/mol. The molecule has 1 aromatic carbocycles. The zero-order chi connectivity index (χ0) is 14.1. The highest BCUT2D eigenvalue weighted by Gasteiger charge is 2.22. The van der Waals surface area contributed by atoms with Gasteiger partial charge in [-0.15, -0.1) is 16.4 Å². The van der Waals surface area contributed by atoms with Crippen molar-refractivity contribution < 1.29 is 9.90 Å². The molecule has 0 bridgehead atoms. The summed E-state index contributed by atoms with van der Waals surface area (Å²) in [4.78, 5) is 12.1. The molecule has 0 fully saturated rings. The van der Waals surface area contributed by atoms with E-state index in [4.69, 9.17) is 11.6 Å². The van der Waals surface area contributed by atoms with E-state index in [9.17, 15) is 9.90 Å². The highest BCUT2D eigenvalue weighted by Crippen LogP contribution is 2.31. The van der Waals surface area contributed by atoms with Crippen LogP contribution in [0.15, 0.2) is 41.8 Å². The predicted molar refractivity (Wildman–Crippen MR) is 76.6 cm³/mol. The van der Waals surface area contributed by atoms with Gasteiger partial charge >= 0.3 is 5.97 Å². The average molecular weight is 306 g/mol. The molecular formula is C13H8ClN3O2S. The van der Waals surface area contributed by atoms with Gasteiger partial charge in [0.15, 0.2) is 5.69 Å². The van der Waals surface area contributed by atoms with E-state index in [-0.39, 0.29) is 5.69 Å². The first-order chi connectivity index (χ1) is 9.68. The van der Waals surface area contributed by atoms with Crippen molar-refractivity contribution in [1.82, 2.24) is 15.0 Å². The lowest BCUT2D eigenvalue weighted by molar-refractivity contribution is 0.0691. The van der Waals surface area contributed by atoms with Gasteiger partial charge in [0, 0.05) is 0 Å². The van der Waals surface area contributed by atoms with Gasteiger partial charge in [-0.05, 0) is 23.6 Å². The topological polar surface area (TPSA) is 68.0 Å². The third-order valence-corrected chi connectivity index (χ3v) is 3.90. The molecule has 0 amide bonds. The second-order valence-electron chi connectivity index (χ2n) is 3.93. The quantitative estimate of drug-likeness (QED) is 0.805. The molecule has 0 aliphatic rings. The zero-order valence-electron chi connectivity index (χ0n) is 10.0. The van der Waals surface area contributed by atoms with Gasteiger partial charge < -0.3 is 5.11 Å². The third-order valence-electron chi connectivity index (χ3n) is 2.71. The molecule has 7 heteroatoms. The number of aromatic nitrogens is 3. The molecule has 0 unspecified atom stereocenters. The van der Waals surface area contributed by atoms with E-state index >= 15 is 0 Å². The summed E-state index contributed by atoms with van der Waals surface area (Å²) in [5.41, 5.74) is 0.936. The number of rotatable bonds is 3. The Morgan fingerprint density at radius 3 is 2.70 bits per heavy atom. The first-order valence-corrected chi connectivity index (χ1v) is 6.92. The summed E-state index contributed by atoms with van der Waals surface area (Å²) in [6.45, 7) is 0. The van der Waals surface area contributed by atoms with Gasteiger partial charge in [-0.2, -0.15) is 0 Å². The van der Waals surface area contributed by atoms with Gasteiger partial charge in [-0.1, -0.05) is 35.0 Å². The molecule has 0 aliphatic carbocycles. The van der Waals surface area contributed by atoms with E-state index < -0.39 is 5.97 Å². The molecule has 0 atom stereocenters.